The normalized spacial score (nSPS) is 34.6. The maximum Gasteiger partial charge on any atom is 0.166 e. The van der Waals surface area contributed by atoms with Gasteiger partial charge in [0.25, 0.3) is 0 Å². The Hall–Kier alpha value is -0.120. The monoisotopic (exact) mass is 157 g/mol. The van der Waals surface area contributed by atoms with E-state index in [2.05, 4.69) is 19.2 Å². The summed E-state index contributed by atoms with van der Waals surface area (Å²) in [6.07, 6.45) is 0. The highest BCUT2D eigenvalue weighted by molar-refractivity contribution is 4.94. The van der Waals surface area contributed by atoms with Gasteiger partial charge in [-0.25, -0.2) is 0 Å². The summed E-state index contributed by atoms with van der Waals surface area (Å²) in [5, 5.41) is 3.46. The van der Waals surface area contributed by atoms with Gasteiger partial charge < -0.3 is 9.47 Å². The van der Waals surface area contributed by atoms with Crippen LogP contribution in [0.15, 0.2) is 0 Å². The second-order valence-electron chi connectivity index (χ2n) is 3.79. The van der Waals surface area contributed by atoms with Gasteiger partial charge in [-0.15, -0.1) is 0 Å². The highest BCUT2D eigenvalue weighted by atomic mass is 16.6. The van der Waals surface area contributed by atoms with E-state index in [9.17, 15) is 0 Å². The molecule has 0 aromatic heterocycles. The van der Waals surface area contributed by atoms with E-state index in [1.165, 1.54) is 0 Å². The van der Waals surface area contributed by atoms with Crippen molar-refractivity contribution in [1.82, 2.24) is 5.32 Å². The van der Waals surface area contributed by atoms with E-state index in [4.69, 9.17) is 9.47 Å². The van der Waals surface area contributed by atoms with Crippen LogP contribution in [0.3, 0.4) is 0 Å². The maximum absolute atomic E-state index is 5.61. The van der Waals surface area contributed by atoms with E-state index in [1.807, 2.05) is 0 Å². The molecule has 3 nitrogen and oxygen atoms in total. The molecule has 0 aromatic rings. The van der Waals surface area contributed by atoms with Crippen LogP contribution in [0.25, 0.3) is 0 Å². The fourth-order valence-electron chi connectivity index (χ4n) is 1.48. The second kappa shape index (κ2) is 2.44. The van der Waals surface area contributed by atoms with E-state index < -0.39 is 0 Å². The summed E-state index contributed by atoms with van der Waals surface area (Å²) in [6, 6.07) is 0.513. The summed E-state index contributed by atoms with van der Waals surface area (Å²) < 4.78 is 10.7. The number of hydrogen-bond donors (Lipinski definition) is 1. The van der Waals surface area contributed by atoms with Crippen LogP contribution < -0.4 is 5.32 Å². The van der Waals surface area contributed by atoms with E-state index in [0.29, 0.717) is 12.0 Å². The highest BCUT2D eigenvalue weighted by Crippen LogP contribution is 2.26. The maximum atomic E-state index is 5.61. The smallest absolute Gasteiger partial charge is 0.166 e. The second-order valence-corrected chi connectivity index (χ2v) is 3.79. The van der Waals surface area contributed by atoms with Crippen molar-refractivity contribution < 1.29 is 9.47 Å². The minimum Gasteiger partial charge on any atom is -0.372 e. The molecule has 0 aromatic carbocycles. The van der Waals surface area contributed by atoms with Gasteiger partial charge >= 0.3 is 0 Å². The minimum absolute atomic E-state index is 0.102. The molecule has 11 heavy (non-hydrogen) atoms. The molecule has 0 bridgehead atoms. The van der Waals surface area contributed by atoms with Crippen LogP contribution in [0, 0.1) is 5.92 Å². The molecule has 1 spiro atoms. The Kier molecular flexibility index (Phi) is 1.67. The Labute approximate surface area is 67.1 Å². The van der Waals surface area contributed by atoms with Crippen LogP contribution in [-0.4, -0.2) is 31.6 Å². The van der Waals surface area contributed by atoms with E-state index in [-0.39, 0.29) is 5.72 Å². The molecule has 2 aliphatic heterocycles. The third kappa shape index (κ3) is 1.17. The average Bonchev–Trinajstić information content (AvgIpc) is 2.28. The van der Waals surface area contributed by atoms with Crippen molar-refractivity contribution in [2.45, 2.75) is 25.6 Å². The standard InChI is InChI=1S/C8H15NO2/c1-6(2)7-3-11-8(9-7)4-10-5-8/h6-7,9H,3-5H2,1-2H3. The predicted octanol–water partition coefficient (Wildman–Crippen LogP) is 0.357. The lowest BCUT2D eigenvalue weighted by Crippen LogP contribution is -2.59. The topological polar surface area (TPSA) is 30.5 Å². The summed E-state index contributed by atoms with van der Waals surface area (Å²) in [5.41, 5.74) is -0.102. The highest BCUT2D eigenvalue weighted by Gasteiger charge is 2.46. The SMILES string of the molecule is CC(C)C1COC2(COC2)N1. The molecule has 2 saturated heterocycles. The van der Waals surface area contributed by atoms with E-state index in [0.717, 1.165) is 19.8 Å². The average molecular weight is 157 g/mol. The molecule has 1 atom stereocenters. The molecule has 1 unspecified atom stereocenters. The lowest BCUT2D eigenvalue weighted by molar-refractivity contribution is -0.195. The first-order valence-corrected chi connectivity index (χ1v) is 4.21. The van der Waals surface area contributed by atoms with Gasteiger partial charge in [-0.05, 0) is 5.92 Å². The third-order valence-electron chi connectivity index (χ3n) is 2.46. The van der Waals surface area contributed by atoms with Crippen LogP contribution in [0.2, 0.25) is 0 Å². The number of ether oxygens (including phenoxy) is 2. The van der Waals surface area contributed by atoms with E-state index >= 15 is 0 Å². The summed E-state index contributed by atoms with van der Waals surface area (Å²) in [5.74, 6) is 0.648. The Morgan fingerprint density at radius 2 is 2.18 bits per heavy atom. The van der Waals surface area contributed by atoms with Gasteiger partial charge in [0, 0.05) is 6.04 Å². The Morgan fingerprint density at radius 1 is 1.45 bits per heavy atom. The van der Waals surface area contributed by atoms with Gasteiger partial charge in [-0.2, -0.15) is 0 Å². The lowest BCUT2D eigenvalue weighted by Gasteiger charge is -2.37. The zero-order valence-electron chi connectivity index (χ0n) is 7.09. The van der Waals surface area contributed by atoms with E-state index in [1.54, 1.807) is 0 Å². The number of rotatable bonds is 1. The molecule has 2 rings (SSSR count). The Morgan fingerprint density at radius 3 is 2.45 bits per heavy atom. The molecule has 1 N–H and O–H groups in total. The van der Waals surface area contributed by atoms with Crippen molar-refractivity contribution >= 4 is 0 Å². The molecule has 3 heteroatoms. The van der Waals surface area contributed by atoms with Crippen LogP contribution >= 0.6 is 0 Å². The van der Waals surface area contributed by atoms with Crippen LogP contribution in [0.1, 0.15) is 13.8 Å². The molecule has 2 fully saturated rings. The van der Waals surface area contributed by atoms with Gasteiger partial charge in [-0.1, -0.05) is 13.8 Å². The fourth-order valence-corrected chi connectivity index (χ4v) is 1.48. The first-order chi connectivity index (χ1) is 5.22. The molecule has 2 aliphatic rings. The summed E-state index contributed by atoms with van der Waals surface area (Å²) >= 11 is 0. The van der Waals surface area contributed by atoms with Crippen molar-refractivity contribution in [1.29, 1.82) is 0 Å². The van der Waals surface area contributed by atoms with Gasteiger partial charge in [0.1, 0.15) is 0 Å². The van der Waals surface area contributed by atoms with Crippen LogP contribution in [-0.2, 0) is 9.47 Å². The largest absolute Gasteiger partial charge is 0.372 e. The Balaban J connectivity index is 1.93. The molecule has 64 valence electrons. The van der Waals surface area contributed by atoms with Crippen molar-refractivity contribution in [3.05, 3.63) is 0 Å². The van der Waals surface area contributed by atoms with Gasteiger partial charge in [0.15, 0.2) is 5.72 Å². The summed E-state index contributed by atoms with van der Waals surface area (Å²) in [7, 11) is 0. The molecule has 0 aliphatic carbocycles. The van der Waals surface area contributed by atoms with Crippen LogP contribution in [0.5, 0.6) is 0 Å². The zero-order valence-corrected chi connectivity index (χ0v) is 7.09. The molecule has 2 heterocycles. The molecule has 0 radical (unpaired) electrons. The number of nitrogens with one attached hydrogen (secondary N) is 1. The van der Waals surface area contributed by atoms with Gasteiger partial charge in [0.2, 0.25) is 0 Å². The molecule has 0 amide bonds. The van der Waals surface area contributed by atoms with Crippen LogP contribution in [0.4, 0.5) is 0 Å². The molecule has 0 saturated carbocycles. The van der Waals surface area contributed by atoms with Crippen molar-refractivity contribution in [2.24, 2.45) is 5.92 Å². The van der Waals surface area contributed by atoms with Crippen molar-refractivity contribution in [3.8, 4) is 0 Å². The fraction of sp³-hybridized carbons (Fsp3) is 1.00. The third-order valence-corrected chi connectivity index (χ3v) is 2.46. The zero-order chi connectivity index (χ0) is 7.90. The lowest BCUT2D eigenvalue weighted by atomic mass is 10.1. The van der Waals surface area contributed by atoms with Gasteiger partial charge in [-0.3, -0.25) is 5.32 Å². The first kappa shape index (κ1) is 7.53. The molecular formula is C8H15NO2. The van der Waals surface area contributed by atoms with Gasteiger partial charge in [0.05, 0.1) is 19.8 Å². The number of hydrogen-bond acceptors (Lipinski definition) is 3. The minimum atomic E-state index is -0.102. The predicted molar refractivity (Wildman–Crippen MR) is 41.3 cm³/mol. The summed E-state index contributed by atoms with van der Waals surface area (Å²) in [4.78, 5) is 0. The Bertz CT molecular complexity index is 154. The summed E-state index contributed by atoms with van der Waals surface area (Å²) in [6.45, 7) is 6.69. The quantitative estimate of drug-likeness (QED) is 0.596. The van der Waals surface area contributed by atoms with Crippen molar-refractivity contribution in [3.63, 3.8) is 0 Å². The molecular weight excluding hydrogens is 142 g/mol. The first-order valence-electron chi connectivity index (χ1n) is 4.21. The van der Waals surface area contributed by atoms with Crippen molar-refractivity contribution in [2.75, 3.05) is 19.8 Å².